The first-order valence-electron chi connectivity index (χ1n) is 10.00. The van der Waals surface area contributed by atoms with Gasteiger partial charge in [-0.05, 0) is 37.7 Å². The molecule has 29 heavy (non-hydrogen) atoms. The molecule has 7 heteroatoms. The Balaban J connectivity index is 1.27. The molecule has 2 aromatic heterocycles. The number of amides is 2. The second-order valence-electron chi connectivity index (χ2n) is 7.55. The van der Waals surface area contributed by atoms with Crippen molar-refractivity contribution in [3.63, 3.8) is 0 Å². The SMILES string of the molecule is CC(NC(=O)NCc1ccc(N2CCN(C)CC2)nc1)c1cc2ccccc2o1. The predicted molar refractivity (Wildman–Crippen MR) is 114 cm³/mol. The molecule has 152 valence electrons. The second-order valence-corrected chi connectivity index (χ2v) is 7.55. The minimum absolute atomic E-state index is 0.222. The third kappa shape index (κ3) is 4.68. The highest BCUT2D eigenvalue weighted by molar-refractivity contribution is 5.78. The summed E-state index contributed by atoms with van der Waals surface area (Å²) < 4.78 is 5.81. The lowest BCUT2D eigenvalue weighted by Crippen LogP contribution is -2.44. The summed E-state index contributed by atoms with van der Waals surface area (Å²) in [5.74, 6) is 1.73. The van der Waals surface area contributed by atoms with Gasteiger partial charge in [-0.25, -0.2) is 9.78 Å². The van der Waals surface area contributed by atoms with E-state index in [4.69, 9.17) is 4.42 Å². The Labute approximate surface area is 170 Å². The fraction of sp³-hybridized carbons (Fsp3) is 0.364. The van der Waals surface area contributed by atoms with E-state index >= 15 is 0 Å². The van der Waals surface area contributed by atoms with E-state index in [9.17, 15) is 4.79 Å². The Morgan fingerprint density at radius 2 is 1.97 bits per heavy atom. The third-order valence-electron chi connectivity index (χ3n) is 5.31. The van der Waals surface area contributed by atoms with Crippen LogP contribution in [0.3, 0.4) is 0 Å². The molecular weight excluding hydrogens is 366 g/mol. The van der Waals surface area contributed by atoms with Crippen molar-refractivity contribution in [2.75, 3.05) is 38.1 Å². The van der Waals surface area contributed by atoms with E-state index in [-0.39, 0.29) is 12.1 Å². The number of benzene rings is 1. The van der Waals surface area contributed by atoms with Crippen molar-refractivity contribution in [2.24, 2.45) is 0 Å². The Hall–Kier alpha value is -3.06. The lowest BCUT2D eigenvalue weighted by atomic mass is 10.2. The fourth-order valence-electron chi connectivity index (χ4n) is 3.46. The van der Waals surface area contributed by atoms with Crippen LogP contribution in [0.25, 0.3) is 11.0 Å². The van der Waals surface area contributed by atoms with Gasteiger partial charge in [0.25, 0.3) is 0 Å². The number of pyridine rings is 1. The van der Waals surface area contributed by atoms with Crippen LogP contribution in [0.15, 0.2) is 53.1 Å². The first kappa shape index (κ1) is 19.3. The molecule has 1 saturated heterocycles. The number of hydrogen-bond acceptors (Lipinski definition) is 5. The molecule has 2 N–H and O–H groups in total. The number of aromatic nitrogens is 1. The first-order chi connectivity index (χ1) is 14.1. The molecule has 7 nitrogen and oxygen atoms in total. The number of anilines is 1. The third-order valence-corrected chi connectivity index (χ3v) is 5.31. The van der Waals surface area contributed by atoms with Gasteiger partial charge in [0.2, 0.25) is 0 Å². The van der Waals surface area contributed by atoms with Crippen LogP contribution in [0.2, 0.25) is 0 Å². The highest BCUT2D eigenvalue weighted by atomic mass is 16.3. The van der Waals surface area contributed by atoms with Crippen molar-refractivity contribution >= 4 is 22.8 Å². The Morgan fingerprint density at radius 1 is 1.17 bits per heavy atom. The van der Waals surface area contributed by atoms with Gasteiger partial charge < -0.3 is 24.9 Å². The summed E-state index contributed by atoms with van der Waals surface area (Å²) in [6, 6.07) is 13.4. The minimum Gasteiger partial charge on any atom is -0.459 e. The van der Waals surface area contributed by atoms with Gasteiger partial charge in [-0.15, -0.1) is 0 Å². The molecule has 0 spiro atoms. The summed E-state index contributed by atoms with van der Waals surface area (Å²) in [5, 5.41) is 6.83. The lowest BCUT2D eigenvalue weighted by molar-refractivity contribution is 0.236. The first-order valence-corrected chi connectivity index (χ1v) is 10.00. The Kier molecular flexibility index (Phi) is 5.67. The molecule has 3 heterocycles. The number of likely N-dealkylation sites (N-methyl/N-ethyl adjacent to an activating group) is 1. The number of rotatable bonds is 5. The van der Waals surface area contributed by atoms with Crippen LogP contribution >= 0.6 is 0 Å². The summed E-state index contributed by atoms with van der Waals surface area (Å²) >= 11 is 0. The van der Waals surface area contributed by atoms with E-state index in [2.05, 4.69) is 32.5 Å². The molecule has 0 bridgehead atoms. The van der Waals surface area contributed by atoms with Crippen LogP contribution in [0.5, 0.6) is 0 Å². The van der Waals surface area contributed by atoms with E-state index < -0.39 is 0 Å². The second kappa shape index (κ2) is 8.53. The zero-order valence-corrected chi connectivity index (χ0v) is 16.9. The van der Waals surface area contributed by atoms with Crippen LogP contribution < -0.4 is 15.5 Å². The molecular formula is C22H27N5O2. The van der Waals surface area contributed by atoms with Gasteiger partial charge in [0.05, 0.1) is 6.04 Å². The van der Waals surface area contributed by atoms with Crippen LogP contribution in [0, 0.1) is 0 Å². The molecule has 1 aromatic carbocycles. The number of urea groups is 1. The maximum Gasteiger partial charge on any atom is 0.315 e. The zero-order valence-electron chi connectivity index (χ0n) is 16.9. The smallest absolute Gasteiger partial charge is 0.315 e. The van der Waals surface area contributed by atoms with Crippen molar-refractivity contribution in [1.82, 2.24) is 20.5 Å². The monoisotopic (exact) mass is 393 g/mol. The van der Waals surface area contributed by atoms with Crippen molar-refractivity contribution in [1.29, 1.82) is 0 Å². The quantitative estimate of drug-likeness (QED) is 0.697. The van der Waals surface area contributed by atoms with Gasteiger partial charge in [0.1, 0.15) is 17.2 Å². The molecule has 1 fully saturated rings. The molecule has 1 atom stereocenters. The van der Waals surface area contributed by atoms with Gasteiger partial charge >= 0.3 is 6.03 Å². The molecule has 0 radical (unpaired) electrons. The van der Waals surface area contributed by atoms with Gasteiger partial charge in [-0.1, -0.05) is 24.3 Å². The van der Waals surface area contributed by atoms with Gasteiger partial charge in [-0.2, -0.15) is 0 Å². The van der Waals surface area contributed by atoms with E-state index in [0.717, 1.165) is 54.3 Å². The van der Waals surface area contributed by atoms with Crippen molar-refractivity contribution in [3.05, 3.63) is 60.0 Å². The number of piperazine rings is 1. The average molecular weight is 393 g/mol. The average Bonchev–Trinajstić information content (AvgIpc) is 3.18. The molecule has 3 aromatic rings. The molecule has 4 rings (SSSR count). The number of para-hydroxylation sites is 1. The van der Waals surface area contributed by atoms with Crippen molar-refractivity contribution in [3.8, 4) is 0 Å². The van der Waals surface area contributed by atoms with Crippen LogP contribution in [-0.2, 0) is 6.54 Å². The van der Waals surface area contributed by atoms with Crippen molar-refractivity contribution in [2.45, 2.75) is 19.5 Å². The van der Waals surface area contributed by atoms with Crippen LogP contribution in [-0.4, -0.2) is 49.1 Å². The largest absolute Gasteiger partial charge is 0.459 e. The lowest BCUT2D eigenvalue weighted by Gasteiger charge is -2.33. The molecule has 1 aliphatic heterocycles. The number of fused-ring (bicyclic) bond motifs is 1. The molecule has 1 unspecified atom stereocenters. The maximum atomic E-state index is 12.3. The number of carbonyl (C=O) groups is 1. The highest BCUT2D eigenvalue weighted by Crippen LogP contribution is 2.23. The van der Waals surface area contributed by atoms with E-state index in [1.54, 1.807) is 0 Å². The fourth-order valence-corrected chi connectivity index (χ4v) is 3.46. The van der Waals surface area contributed by atoms with Crippen molar-refractivity contribution < 1.29 is 9.21 Å². The van der Waals surface area contributed by atoms with Gasteiger partial charge in [0.15, 0.2) is 0 Å². The van der Waals surface area contributed by atoms with E-state index in [1.165, 1.54) is 0 Å². The summed E-state index contributed by atoms with van der Waals surface area (Å²) in [6.07, 6.45) is 1.83. The zero-order chi connectivity index (χ0) is 20.2. The molecule has 1 aliphatic rings. The summed E-state index contributed by atoms with van der Waals surface area (Å²) in [4.78, 5) is 21.4. The minimum atomic E-state index is -0.235. The number of furan rings is 1. The number of carbonyl (C=O) groups excluding carboxylic acids is 1. The maximum absolute atomic E-state index is 12.3. The van der Waals surface area contributed by atoms with Gasteiger partial charge in [0, 0.05) is 44.3 Å². The molecule has 0 saturated carbocycles. The number of nitrogens with zero attached hydrogens (tertiary/aromatic N) is 3. The van der Waals surface area contributed by atoms with Crippen LogP contribution in [0.1, 0.15) is 24.3 Å². The Morgan fingerprint density at radius 3 is 2.69 bits per heavy atom. The normalized spacial score (nSPS) is 16.0. The van der Waals surface area contributed by atoms with E-state index in [0.29, 0.717) is 6.54 Å². The molecule has 2 amide bonds. The summed E-state index contributed by atoms with van der Waals surface area (Å²) in [6.45, 7) is 6.41. The Bertz CT molecular complexity index is 928. The molecule has 0 aliphatic carbocycles. The summed E-state index contributed by atoms with van der Waals surface area (Å²) in [7, 11) is 2.14. The number of nitrogens with one attached hydrogen (secondary N) is 2. The standard InChI is InChI=1S/C22H27N5O2/c1-16(20-13-18-5-3-4-6-19(18)29-20)25-22(28)24-15-17-7-8-21(23-14-17)27-11-9-26(2)10-12-27/h3-8,13-14,16H,9-12,15H2,1-2H3,(H2,24,25,28). The topological polar surface area (TPSA) is 73.6 Å². The van der Waals surface area contributed by atoms with E-state index in [1.807, 2.05) is 55.6 Å². The number of hydrogen-bond donors (Lipinski definition) is 2. The summed E-state index contributed by atoms with van der Waals surface area (Å²) in [5.41, 5.74) is 1.79. The highest BCUT2D eigenvalue weighted by Gasteiger charge is 2.16. The van der Waals surface area contributed by atoms with Crippen LogP contribution in [0.4, 0.5) is 10.6 Å². The predicted octanol–water partition coefficient (Wildman–Crippen LogP) is 3.14. The van der Waals surface area contributed by atoms with Gasteiger partial charge in [-0.3, -0.25) is 0 Å².